The lowest BCUT2D eigenvalue weighted by molar-refractivity contribution is -0.120. The molecule has 0 aliphatic rings. The minimum Gasteiger partial charge on any atom is -0.497 e. The number of benzene rings is 3. The van der Waals surface area contributed by atoms with Crippen LogP contribution in [0.5, 0.6) is 5.75 Å². The number of amides is 1. The first-order valence-electron chi connectivity index (χ1n) is 11.8. The molecule has 1 amide bonds. The van der Waals surface area contributed by atoms with E-state index in [1.807, 2.05) is 102 Å². The summed E-state index contributed by atoms with van der Waals surface area (Å²) in [5.41, 5.74) is 4.03. The highest BCUT2D eigenvalue weighted by atomic mass is 16.5. The summed E-state index contributed by atoms with van der Waals surface area (Å²) in [5.74, 6) is 2.17. The lowest BCUT2D eigenvalue weighted by atomic mass is 10.1. The second-order valence-corrected chi connectivity index (χ2v) is 8.43. The fourth-order valence-corrected chi connectivity index (χ4v) is 4.14. The molecule has 0 bridgehead atoms. The Balaban J connectivity index is 1.27. The minimum atomic E-state index is -0.0140. The van der Waals surface area contributed by atoms with Crippen LogP contribution >= 0.6 is 0 Å². The van der Waals surface area contributed by atoms with Gasteiger partial charge in [-0.2, -0.15) is 0 Å². The third-order valence-electron chi connectivity index (χ3n) is 5.98. The van der Waals surface area contributed by atoms with E-state index in [-0.39, 0.29) is 12.3 Å². The number of anilines is 2. The van der Waals surface area contributed by atoms with Crippen molar-refractivity contribution in [3.63, 3.8) is 0 Å². The van der Waals surface area contributed by atoms with E-state index in [2.05, 4.69) is 20.8 Å². The average Bonchev–Trinajstić information content (AvgIpc) is 3.28. The molecule has 0 fully saturated rings. The number of aromatic nitrogens is 3. The van der Waals surface area contributed by atoms with E-state index in [9.17, 15) is 4.79 Å². The Bertz CT molecular complexity index is 1450. The van der Waals surface area contributed by atoms with Crippen molar-refractivity contribution in [1.82, 2.24) is 20.1 Å². The number of hydrogen-bond acceptors (Lipinski definition) is 5. The molecule has 0 aliphatic carbocycles. The van der Waals surface area contributed by atoms with Crippen LogP contribution in [0, 0.1) is 0 Å². The van der Waals surface area contributed by atoms with Gasteiger partial charge in [0, 0.05) is 23.8 Å². The molecular weight excluding hydrogens is 450 g/mol. The largest absolute Gasteiger partial charge is 0.497 e. The third kappa shape index (κ3) is 5.36. The van der Waals surface area contributed by atoms with Gasteiger partial charge in [-0.05, 0) is 60.0 Å². The van der Waals surface area contributed by atoms with Gasteiger partial charge in [0.15, 0.2) is 11.6 Å². The molecule has 7 nitrogen and oxygen atoms in total. The number of rotatable bonds is 9. The summed E-state index contributed by atoms with van der Waals surface area (Å²) in [6.45, 7) is 0.575. The predicted octanol–water partition coefficient (Wildman–Crippen LogP) is 5.07. The number of carbonyl (C=O) groups is 1. The zero-order valence-electron chi connectivity index (χ0n) is 20.0. The zero-order valence-corrected chi connectivity index (χ0v) is 20.0. The van der Waals surface area contributed by atoms with Gasteiger partial charge in [-0.25, -0.2) is 0 Å². The van der Waals surface area contributed by atoms with E-state index in [1.165, 1.54) is 0 Å². The fourth-order valence-electron chi connectivity index (χ4n) is 4.14. The Kier molecular flexibility index (Phi) is 6.89. The summed E-state index contributed by atoms with van der Waals surface area (Å²) in [7, 11) is 1.65. The SMILES string of the molecule is COc1ccc(CCNC(=O)Cc2cn(-c3ccc(Nc4ccccc4)nn3)c3ccccc23)cc1. The third-order valence-corrected chi connectivity index (χ3v) is 5.98. The number of fused-ring (bicyclic) bond motifs is 1. The molecular formula is C29H27N5O2. The molecule has 0 saturated carbocycles. The monoisotopic (exact) mass is 477 g/mol. The maximum atomic E-state index is 12.7. The van der Waals surface area contributed by atoms with Crippen molar-refractivity contribution in [2.24, 2.45) is 0 Å². The Morgan fingerprint density at radius 1 is 0.889 bits per heavy atom. The molecule has 7 heteroatoms. The van der Waals surface area contributed by atoms with Crippen LogP contribution in [0.15, 0.2) is 97.2 Å². The summed E-state index contributed by atoms with van der Waals surface area (Å²) in [6, 6.07) is 29.6. The maximum absolute atomic E-state index is 12.7. The molecule has 0 atom stereocenters. The van der Waals surface area contributed by atoms with E-state index in [4.69, 9.17) is 4.74 Å². The van der Waals surface area contributed by atoms with Gasteiger partial charge in [-0.15, -0.1) is 10.2 Å². The van der Waals surface area contributed by atoms with Crippen LogP contribution in [-0.2, 0) is 17.6 Å². The number of nitrogens with zero attached hydrogens (tertiary/aromatic N) is 3. The van der Waals surface area contributed by atoms with Crippen LogP contribution in [0.1, 0.15) is 11.1 Å². The fraction of sp³-hybridized carbons (Fsp3) is 0.138. The van der Waals surface area contributed by atoms with E-state index in [0.717, 1.165) is 39.9 Å². The topological polar surface area (TPSA) is 81.1 Å². The van der Waals surface area contributed by atoms with Gasteiger partial charge in [-0.3, -0.25) is 9.36 Å². The molecule has 0 saturated heterocycles. The Labute approximate surface area is 209 Å². The normalized spacial score (nSPS) is 10.8. The molecule has 0 spiro atoms. The molecule has 0 radical (unpaired) electrons. The Morgan fingerprint density at radius 3 is 2.42 bits per heavy atom. The average molecular weight is 478 g/mol. The van der Waals surface area contributed by atoms with E-state index in [1.54, 1.807) is 7.11 Å². The summed E-state index contributed by atoms with van der Waals surface area (Å²) in [4.78, 5) is 12.7. The quantitative estimate of drug-likeness (QED) is 0.310. The zero-order chi connectivity index (χ0) is 24.7. The highest BCUT2D eigenvalue weighted by Crippen LogP contribution is 2.25. The molecule has 5 aromatic rings. The highest BCUT2D eigenvalue weighted by molar-refractivity contribution is 5.90. The first-order chi connectivity index (χ1) is 17.7. The van der Waals surface area contributed by atoms with Crippen molar-refractivity contribution >= 4 is 28.3 Å². The van der Waals surface area contributed by atoms with Crippen molar-refractivity contribution in [3.8, 4) is 11.6 Å². The van der Waals surface area contributed by atoms with Crippen molar-refractivity contribution in [3.05, 3.63) is 108 Å². The number of methoxy groups -OCH3 is 1. The number of hydrogen-bond donors (Lipinski definition) is 2. The van der Waals surface area contributed by atoms with Crippen molar-refractivity contribution < 1.29 is 9.53 Å². The van der Waals surface area contributed by atoms with Crippen molar-refractivity contribution in [2.45, 2.75) is 12.8 Å². The molecule has 3 aromatic carbocycles. The molecule has 180 valence electrons. The summed E-state index contributed by atoms with van der Waals surface area (Å²) < 4.78 is 7.17. The smallest absolute Gasteiger partial charge is 0.224 e. The van der Waals surface area contributed by atoms with Gasteiger partial charge < -0.3 is 15.4 Å². The Hall–Kier alpha value is -4.65. The molecule has 2 aromatic heterocycles. The number of nitrogens with one attached hydrogen (secondary N) is 2. The van der Waals surface area contributed by atoms with Gasteiger partial charge in [0.05, 0.1) is 19.0 Å². The predicted molar refractivity (Wildman–Crippen MR) is 142 cm³/mol. The minimum absolute atomic E-state index is 0.0140. The van der Waals surface area contributed by atoms with Crippen LogP contribution < -0.4 is 15.4 Å². The standard InChI is InChI=1S/C29H27N5O2/c1-36-24-13-11-21(12-14-24)17-18-30-29(35)19-22-20-34(26-10-6-5-9-25(22)26)28-16-15-27(32-33-28)31-23-7-3-2-4-8-23/h2-16,20H,17-19H2,1H3,(H,30,35)(H,31,32). The molecule has 0 unspecified atom stereocenters. The molecule has 2 N–H and O–H groups in total. The van der Waals surface area contributed by atoms with E-state index >= 15 is 0 Å². The lowest BCUT2D eigenvalue weighted by Crippen LogP contribution is -2.27. The van der Waals surface area contributed by atoms with E-state index < -0.39 is 0 Å². The van der Waals surface area contributed by atoms with Crippen LogP contribution in [0.2, 0.25) is 0 Å². The van der Waals surface area contributed by atoms with Gasteiger partial charge in [0.25, 0.3) is 0 Å². The van der Waals surface area contributed by atoms with Crippen molar-refractivity contribution in [1.29, 1.82) is 0 Å². The summed E-state index contributed by atoms with van der Waals surface area (Å²) in [6.07, 6.45) is 3.02. The van der Waals surface area contributed by atoms with Crippen LogP contribution in [0.3, 0.4) is 0 Å². The first kappa shape index (κ1) is 23.1. The first-order valence-corrected chi connectivity index (χ1v) is 11.8. The van der Waals surface area contributed by atoms with Gasteiger partial charge in [0.1, 0.15) is 5.75 Å². The van der Waals surface area contributed by atoms with Gasteiger partial charge in [-0.1, -0.05) is 48.5 Å². The molecule has 5 rings (SSSR count). The maximum Gasteiger partial charge on any atom is 0.224 e. The number of carbonyl (C=O) groups excluding carboxylic acids is 1. The molecule has 36 heavy (non-hydrogen) atoms. The number of para-hydroxylation sites is 2. The summed E-state index contributed by atoms with van der Waals surface area (Å²) in [5, 5.41) is 16.1. The second-order valence-electron chi connectivity index (χ2n) is 8.43. The second kappa shape index (κ2) is 10.7. The van der Waals surface area contributed by atoms with Gasteiger partial charge in [0.2, 0.25) is 5.91 Å². The van der Waals surface area contributed by atoms with Crippen molar-refractivity contribution in [2.75, 3.05) is 19.0 Å². The lowest BCUT2D eigenvalue weighted by Gasteiger charge is -2.07. The molecule has 0 aliphatic heterocycles. The van der Waals surface area contributed by atoms with Crippen LogP contribution in [0.4, 0.5) is 11.5 Å². The highest BCUT2D eigenvalue weighted by Gasteiger charge is 2.14. The number of ether oxygens (including phenoxy) is 1. The van der Waals surface area contributed by atoms with Crippen LogP contribution in [0.25, 0.3) is 16.7 Å². The molecule has 2 heterocycles. The Morgan fingerprint density at radius 2 is 1.67 bits per heavy atom. The summed E-state index contributed by atoms with van der Waals surface area (Å²) >= 11 is 0. The van der Waals surface area contributed by atoms with Gasteiger partial charge >= 0.3 is 0 Å². The van der Waals surface area contributed by atoms with Crippen LogP contribution in [-0.4, -0.2) is 34.3 Å². The van der Waals surface area contributed by atoms with E-state index in [0.29, 0.717) is 18.2 Å².